The molecule has 2 aromatic rings. The van der Waals surface area contributed by atoms with Crippen LogP contribution in [0.25, 0.3) is 11.3 Å². The van der Waals surface area contributed by atoms with Crippen molar-refractivity contribution in [2.45, 2.75) is 6.10 Å². The first-order valence-corrected chi connectivity index (χ1v) is 7.15. The highest BCUT2D eigenvalue weighted by Gasteiger charge is 2.15. The third-order valence-corrected chi connectivity index (χ3v) is 3.31. The molecule has 2 amide bonds. The van der Waals surface area contributed by atoms with Gasteiger partial charge < -0.3 is 20.1 Å². The molecule has 1 atom stereocenters. The van der Waals surface area contributed by atoms with E-state index >= 15 is 0 Å². The van der Waals surface area contributed by atoms with Gasteiger partial charge in [-0.1, -0.05) is 12.1 Å². The summed E-state index contributed by atoms with van der Waals surface area (Å²) in [6, 6.07) is 9.15. The molecule has 1 aromatic carbocycles. The van der Waals surface area contributed by atoms with Crippen LogP contribution in [0, 0.1) is 0 Å². The van der Waals surface area contributed by atoms with E-state index in [1.54, 1.807) is 6.20 Å². The maximum Gasteiger partial charge on any atom is 0.319 e. The molecule has 7 heteroatoms. The predicted octanol–water partition coefficient (Wildman–Crippen LogP) is 1.61. The quantitative estimate of drug-likeness (QED) is 0.800. The second-order valence-corrected chi connectivity index (χ2v) is 4.95. The summed E-state index contributed by atoms with van der Waals surface area (Å²) in [5.41, 5.74) is 2.57. The van der Waals surface area contributed by atoms with Crippen molar-refractivity contribution in [3.63, 3.8) is 0 Å². The molecule has 3 N–H and O–H groups in total. The van der Waals surface area contributed by atoms with Gasteiger partial charge in [-0.15, -0.1) is 0 Å². The number of hydrogen-bond donors (Lipinski definition) is 3. The predicted molar refractivity (Wildman–Crippen MR) is 81.6 cm³/mol. The van der Waals surface area contributed by atoms with Gasteiger partial charge in [-0.25, -0.2) is 4.79 Å². The van der Waals surface area contributed by atoms with Crippen LogP contribution in [-0.4, -0.2) is 48.7 Å². The van der Waals surface area contributed by atoms with Gasteiger partial charge in [-0.05, 0) is 18.2 Å². The lowest BCUT2D eigenvalue weighted by molar-refractivity contribution is -0.0852. The Morgan fingerprint density at radius 1 is 1.36 bits per heavy atom. The molecule has 7 nitrogen and oxygen atoms in total. The van der Waals surface area contributed by atoms with Gasteiger partial charge in [0, 0.05) is 24.0 Å². The van der Waals surface area contributed by atoms with Crippen LogP contribution in [0.1, 0.15) is 0 Å². The van der Waals surface area contributed by atoms with E-state index in [2.05, 4.69) is 20.8 Å². The standard InChI is InChI=1S/C15H18N4O3/c20-15(16-9-13-10-21-6-7-22-13)18-12-3-1-2-11(8-12)14-4-5-17-19-14/h1-5,8,13H,6-7,9-10H2,(H,17,19)(H2,16,18,20). The molecule has 1 unspecified atom stereocenters. The number of amides is 2. The van der Waals surface area contributed by atoms with E-state index in [9.17, 15) is 4.79 Å². The fraction of sp³-hybridized carbons (Fsp3) is 0.333. The molecule has 0 radical (unpaired) electrons. The summed E-state index contributed by atoms with van der Waals surface area (Å²) in [5.74, 6) is 0. The molecular formula is C15H18N4O3. The first-order chi connectivity index (χ1) is 10.8. The molecule has 22 heavy (non-hydrogen) atoms. The molecule has 1 saturated heterocycles. The fourth-order valence-electron chi connectivity index (χ4n) is 2.22. The van der Waals surface area contributed by atoms with Crippen molar-refractivity contribution in [3.8, 4) is 11.3 Å². The zero-order valence-electron chi connectivity index (χ0n) is 12.0. The zero-order chi connectivity index (χ0) is 15.2. The number of aromatic nitrogens is 2. The van der Waals surface area contributed by atoms with E-state index in [0.717, 1.165) is 11.3 Å². The summed E-state index contributed by atoms with van der Waals surface area (Å²) in [6.45, 7) is 2.12. The van der Waals surface area contributed by atoms with Gasteiger partial charge in [0.15, 0.2) is 0 Å². The third-order valence-electron chi connectivity index (χ3n) is 3.31. The van der Waals surface area contributed by atoms with E-state index in [0.29, 0.717) is 32.1 Å². The largest absolute Gasteiger partial charge is 0.376 e. The number of aromatic amines is 1. The number of benzene rings is 1. The number of carbonyl (C=O) groups excluding carboxylic acids is 1. The van der Waals surface area contributed by atoms with Crippen LogP contribution in [0.4, 0.5) is 10.5 Å². The van der Waals surface area contributed by atoms with Crippen LogP contribution in [0.5, 0.6) is 0 Å². The molecule has 116 valence electrons. The highest BCUT2D eigenvalue weighted by Crippen LogP contribution is 2.20. The molecule has 0 saturated carbocycles. The Hall–Kier alpha value is -2.38. The molecule has 0 bridgehead atoms. The maximum absolute atomic E-state index is 11.9. The first kappa shape index (κ1) is 14.6. The Morgan fingerprint density at radius 3 is 3.09 bits per heavy atom. The lowest BCUT2D eigenvalue weighted by Crippen LogP contribution is -2.41. The SMILES string of the molecule is O=C(NCC1COCCO1)Nc1cccc(-c2ccn[nH]2)c1. The van der Waals surface area contributed by atoms with Crippen LogP contribution < -0.4 is 10.6 Å². The molecule has 1 aliphatic heterocycles. The average Bonchev–Trinajstić information content (AvgIpc) is 3.09. The Kier molecular flexibility index (Phi) is 4.67. The minimum Gasteiger partial charge on any atom is -0.376 e. The number of hydrogen-bond acceptors (Lipinski definition) is 4. The molecule has 2 heterocycles. The molecule has 1 aliphatic rings. The number of ether oxygens (including phenoxy) is 2. The van der Waals surface area contributed by atoms with Gasteiger partial charge in [0.1, 0.15) is 0 Å². The summed E-state index contributed by atoms with van der Waals surface area (Å²) < 4.78 is 10.8. The second-order valence-electron chi connectivity index (χ2n) is 4.95. The smallest absolute Gasteiger partial charge is 0.319 e. The van der Waals surface area contributed by atoms with Crippen molar-refractivity contribution in [3.05, 3.63) is 36.5 Å². The van der Waals surface area contributed by atoms with E-state index < -0.39 is 0 Å². The summed E-state index contributed by atoms with van der Waals surface area (Å²) >= 11 is 0. The molecule has 3 rings (SSSR count). The molecule has 0 aliphatic carbocycles. The van der Waals surface area contributed by atoms with Crippen molar-refractivity contribution in [1.29, 1.82) is 0 Å². The number of rotatable bonds is 4. The first-order valence-electron chi connectivity index (χ1n) is 7.15. The number of urea groups is 1. The number of nitrogens with zero attached hydrogens (tertiary/aromatic N) is 1. The van der Waals surface area contributed by atoms with Crippen LogP contribution in [0.3, 0.4) is 0 Å². The van der Waals surface area contributed by atoms with E-state index in [-0.39, 0.29) is 12.1 Å². The Bertz CT molecular complexity index is 609. The van der Waals surface area contributed by atoms with Crippen LogP contribution in [-0.2, 0) is 9.47 Å². The number of carbonyl (C=O) groups is 1. The minimum atomic E-state index is -0.268. The van der Waals surface area contributed by atoms with Crippen molar-refractivity contribution in [2.75, 3.05) is 31.7 Å². The van der Waals surface area contributed by atoms with Gasteiger partial charge in [0.2, 0.25) is 0 Å². The lowest BCUT2D eigenvalue weighted by Gasteiger charge is -2.23. The molecular weight excluding hydrogens is 284 g/mol. The Labute approximate surface area is 128 Å². The van der Waals surface area contributed by atoms with Gasteiger partial charge in [0.05, 0.1) is 31.6 Å². The van der Waals surface area contributed by atoms with Gasteiger partial charge >= 0.3 is 6.03 Å². The zero-order valence-corrected chi connectivity index (χ0v) is 12.0. The molecule has 1 aromatic heterocycles. The maximum atomic E-state index is 11.9. The number of H-pyrrole nitrogens is 1. The van der Waals surface area contributed by atoms with Crippen molar-refractivity contribution < 1.29 is 14.3 Å². The van der Waals surface area contributed by atoms with Crippen LogP contribution >= 0.6 is 0 Å². The highest BCUT2D eigenvalue weighted by atomic mass is 16.6. The summed E-state index contributed by atoms with van der Waals surface area (Å²) in [4.78, 5) is 11.9. The van der Waals surface area contributed by atoms with Crippen LogP contribution in [0.15, 0.2) is 36.5 Å². The van der Waals surface area contributed by atoms with E-state index in [1.807, 2.05) is 30.3 Å². The number of anilines is 1. The summed E-state index contributed by atoms with van der Waals surface area (Å²) in [6.07, 6.45) is 1.60. The topological polar surface area (TPSA) is 88.3 Å². The third kappa shape index (κ3) is 3.84. The second kappa shape index (κ2) is 7.06. The van der Waals surface area contributed by atoms with Crippen molar-refractivity contribution >= 4 is 11.7 Å². The van der Waals surface area contributed by atoms with E-state index in [4.69, 9.17) is 9.47 Å². The molecule has 1 fully saturated rings. The van der Waals surface area contributed by atoms with Crippen LogP contribution in [0.2, 0.25) is 0 Å². The van der Waals surface area contributed by atoms with Gasteiger partial charge in [0.25, 0.3) is 0 Å². The Morgan fingerprint density at radius 2 is 2.32 bits per heavy atom. The summed E-state index contributed by atoms with van der Waals surface area (Å²) in [5, 5.41) is 12.4. The van der Waals surface area contributed by atoms with Gasteiger partial charge in [-0.2, -0.15) is 5.10 Å². The van der Waals surface area contributed by atoms with Gasteiger partial charge in [-0.3, -0.25) is 5.10 Å². The fourth-order valence-corrected chi connectivity index (χ4v) is 2.22. The summed E-state index contributed by atoms with van der Waals surface area (Å²) in [7, 11) is 0. The van der Waals surface area contributed by atoms with E-state index in [1.165, 1.54) is 0 Å². The van der Waals surface area contributed by atoms with Crippen molar-refractivity contribution in [2.24, 2.45) is 0 Å². The molecule has 0 spiro atoms. The average molecular weight is 302 g/mol. The van der Waals surface area contributed by atoms with Crippen molar-refractivity contribution in [1.82, 2.24) is 15.5 Å². The lowest BCUT2D eigenvalue weighted by atomic mass is 10.1. The minimum absolute atomic E-state index is 0.0872. The normalized spacial score (nSPS) is 17.9. The number of nitrogens with one attached hydrogen (secondary N) is 3. The monoisotopic (exact) mass is 302 g/mol. The Balaban J connectivity index is 1.54. The highest BCUT2D eigenvalue weighted by molar-refractivity contribution is 5.90.